The minimum Gasteiger partial charge on any atom is -0.480 e. The molecule has 1 heterocycles. The van der Waals surface area contributed by atoms with E-state index in [4.69, 9.17) is 0 Å². The first-order valence-corrected chi connectivity index (χ1v) is 5.19. The standard InChI is InChI=1S/C8H4F6INO2/c1-17-6-4(15)5(18-8(12,13)14)3(2-16-6)7(9,10)11/h2H,1H3. The smallest absolute Gasteiger partial charge is 0.480 e. The van der Waals surface area contributed by atoms with Crippen molar-refractivity contribution in [1.82, 2.24) is 4.98 Å². The van der Waals surface area contributed by atoms with Crippen LogP contribution in [0.2, 0.25) is 0 Å². The molecule has 0 saturated carbocycles. The lowest BCUT2D eigenvalue weighted by Gasteiger charge is -2.17. The van der Waals surface area contributed by atoms with Crippen LogP contribution in [-0.4, -0.2) is 18.5 Å². The topological polar surface area (TPSA) is 31.4 Å². The van der Waals surface area contributed by atoms with Crippen LogP contribution in [0.1, 0.15) is 5.56 Å². The minimum absolute atomic E-state index is 0.224. The molecule has 102 valence electrons. The Morgan fingerprint density at radius 1 is 1.17 bits per heavy atom. The number of hydrogen-bond acceptors (Lipinski definition) is 3. The van der Waals surface area contributed by atoms with E-state index < -0.39 is 27.4 Å². The quantitative estimate of drug-likeness (QED) is 0.574. The Bertz CT molecular complexity index is 444. The van der Waals surface area contributed by atoms with Crippen LogP contribution in [0.15, 0.2) is 6.20 Å². The van der Waals surface area contributed by atoms with E-state index in [-0.39, 0.29) is 12.1 Å². The first kappa shape index (κ1) is 15.1. The zero-order valence-electron chi connectivity index (χ0n) is 8.49. The number of alkyl halides is 6. The summed E-state index contributed by atoms with van der Waals surface area (Å²) in [4.78, 5) is 3.26. The first-order valence-electron chi connectivity index (χ1n) is 4.11. The van der Waals surface area contributed by atoms with Gasteiger partial charge in [-0.2, -0.15) is 13.2 Å². The maximum Gasteiger partial charge on any atom is 0.573 e. The summed E-state index contributed by atoms with van der Waals surface area (Å²) in [5.74, 6) is -1.76. The molecule has 0 spiro atoms. The van der Waals surface area contributed by atoms with Crippen LogP contribution < -0.4 is 9.47 Å². The van der Waals surface area contributed by atoms with E-state index >= 15 is 0 Å². The van der Waals surface area contributed by atoms with E-state index in [2.05, 4.69) is 14.5 Å². The Balaban J connectivity index is 3.41. The van der Waals surface area contributed by atoms with Gasteiger partial charge in [-0.15, -0.1) is 13.2 Å². The summed E-state index contributed by atoms with van der Waals surface area (Å²) in [5.41, 5.74) is -1.62. The highest BCUT2D eigenvalue weighted by Crippen LogP contribution is 2.42. The van der Waals surface area contributed by atoms with Crippen molar-refractivity contribution >= 4 is 22.6 Å². The molecule has 0 amide bonds. The summed E-state index contributed by atoms with van der Waals surface area (Å²) in [7, 11) is 1.06. The maximum absolute atomic E-state index is 12.5. The Morgan fingerprint density at radius 3 is 2.11 bits per heavy atom. The molecule has 1 aromatic rings. The fourth-order valence-corrected chi connectivity index (χ4v) is 1.77. The Hall–Kier alpha value is -0.940. The molecule has 0 fully saturated rings. The minimum atomic E-state index is -5.24. The van der Waals surface area contributed by atoms with Crippen LogP contribution in [-0.2, 0) is 6.18 Å². The van der Waals surface area contributed by atoms with Gasteiger partial charge >= 0.3 is 12.5 Å². The van der Waals surface area contributed by atoms with Crippen LogP contribution >= 0.6 is 22.6 Å². The number of methoxy groups -OCH3 is 1. The molecule has 0 bridgehead atoms. The van der Waals surface area contributed by atoms with E-state index in [1.807, 2.05) is 0 Å². The van der Waals surface area contributed by atoms with Gasteiger partial charge < -0.3 is 9.47 Å². The van der Waals surface area contributed by atoms with Gasteiger partial charge in [0.25, 0.3) is 0 Å². The molecule has 3 nitrogen and oxygen atoms in total. The van der Waals surface area contributed by atoms with Gasteiger partial charge in [-0.25, -0.2) is 4.98 Å². The van der Waals surface area contributed by atoms with Crippen molar-refractivity contribution in [2.24, 2.45) is 0 Å². The molecule has 10 heteroatoms. The Morgan fingerprint density at radius 2 is 1.72 bits per heavy atom. The largest absolute Gasteiger partial charge is 0.573 e. The highest BCUT2D eigenvalue weighted by molar-refractivity contribution is 14.1. The van der Waals surface area contributed by atoms with Crippen LogP contribution in [0.5, 0.6) is 11.6 Å². The van der Waals surface area contributed by atoms with Crippen LogP contribution in [0, 0.1) is 3.57 Å². The van der Waals surface area contributed by atoms with Gasteiger partial charge in [0, 0.05) is 6.20 Å². The molecule has 0 N–H and O–H groups in total. The van der Waals surface area contributed by atoms with Crippen molar-refractivity contribution < 1.29 is 35.8 Å². The van der Waals surface area contributed by atoms with E-state index in [1.165, 1.54) is 22.6 Å². The van der Waals surface area contributed by atoms with E-state index in [0.29, 0.717) is 0 Å². The molecule has 1 aromatic heterocycles. The van der Waals surface area contributed by atoms with Crippen molar-refractivity contribution in [1.29, 1.82) is 0 Å². The van der Waals surface area contributed by atoms with Crippen LogP contribution in [0.4, 0.5) is 26.3 Å². The Kier molecular flexibility index (Phi) is 4.18. The molecule has 0 aliphatic carbocycles. The molecular weight excluding hydrogens is 383 g/mol. The van der Waals surface area contributed by atoms with Crippen molar-refractivity contribution in [2.45, 2.75) is 12.5 Å². The predicted octanol–water partition coefficient (Wildman–Crippen LogP) is 3.61. The van der Waals surface area contributed by atoms with E-state index in [0.717, 1.165) is 7.11 Å². The fraction of sp³-hybridized carbons (Fsp3) is 0.375. The van der Waals surface area contributed by atoms with Crippen molar-refractivity contribution in [3.8, 4) is 11.6 Å². The van der Waals surface area contributed by atoms with E-state index in [1.54, 1.807) is 0 Å². The molecule has 0 aromatic carbocycles. The predicted molar refractivity (Wildman–Crippen MR) is 55.2 cm³/mol. The summed E-state index contributed by atoms with van der Waals surface area (Å²) in [5, 5.41) is 0. The van der Waals surface area contributed by atoms with Gasteiger partial charge in [0.1, 0.15) is 9.13 Å². The van der Waals surface area contributed by atoms with Crippen LogP contribution in [0.3, 0.4) is 0 Å². The number of pyridine rings is 1. The van der Waals surface area contributed by atoms with E-state index in [9.17, 15) is 26.3 Å². The average molecular weight is 387 g/mol. The Labute approximate surface area is 110 Å². The van der Waals surface area contributed by atoms with Gasteiger partial charge in [-0.3, -0.25) is 0 Å². The second-order valence-electron chi connectivity index (χ2n) is 2.87. The van der Waals surface area contributed by atoms with Gasteiger partial charge in [-0.1, -0.05) is 0 Å². The molecule has 18 heavy (non-hydrogen) atoms. The molecule has 0 aliphatic rings. The molecule has 0 aliphatic heterocycles. The highest BCUT2D eigenvalue weighted by atomic mass is 127. The molecule has 0 saturated heterocycles. The molecule has 0 atom stereocenters. The van der Waals surface area contributed by atoms with Crippen molar-refractivity contribution in [3.05, 3.63) is 15.3 Å². The summed E-state index contributed by atoms with van der Waals surface area (Å²) in [6.45, 7) is 0. The monoisotopic (exact) mass is 387 g/mol. The molecular formula is C8H4F6INO2. The summed E-state index contributed by atoms with van der Waals surface area (Å²) >= 11 is 1.23. The van der Waals surface area contributed by atoms with Crippen LogP contribution in [0.25, 0.3) is 0 Å². The first-order chi connectivity index (χ1) is 8.06. The number of halogens is 7. The molecule has 0 unspecified atom stereocenters. The zero-order chi connectivity index (χ0) is 14.1. The second-order valence-corrected chi connectivity index (χ2v) is 3.95. The zero-order valence-corrected chi connectivity index (χ0v) is 10.6. The number of ether oxygens (including phenoxy) is 2. The lowest BCUT2D eigenvalue weighted by Crippen LogP contribution is -2.21. The van der Waals surface area contributed by atoms with Gasteiger partial charge in [0.15, 0.2) is 5.75 Å². The molecule has 0 radical (unpaired) electrons. The van der Waals surface area contributed by atoms with Crippen molar-refractivity contribution in [2.75, 3.05) is 7.11 Å². The normalized spacial score (nSPS) is 12.4. The summed E-state index contributed by atoms with van der Waals surface area (Å²) < 4.78 is 81.1. The third-order valence-corrected chi connectivity index (χ3v) is 2.61. The summed E-state index contributed by atoms with van der Waals surface area (Å²) in [6.07, 6.45) is -10.0. The van der Waals surface area contributed by atoms with Gasteiger partial charge in [0.2, 0.25) is 5.88 Å². The fourth-order valence-electron chi connectivity index (χ4n) is 1.01. The number of rotatable bonds is 2. The van der Waals surface area contributed by atoms with Crippen molar-refractivity contribution in [3.63, 3.8) is 0 Å². The third kappa shape index (κ3) is 3.53. The highest BCUT2D eigenvalue weighted by Gasteiger charge is 2.41. The molecule has 1 rings (SSSR count). The number of nitrogens with zero attached hydrogens (tertiary/aromatic N) is 1. The summed E-state index contributed by atoms with van der Waals surface area (Å²) in [6, 6.07) is 0. The maximum atomic E-state index is 12.5. The SMILES string of the molecule is COc1ncc(C(F)(F)F)c(OC(F)(F)F)c1I. The third-order valence-electron chi connectivity index (χ3n) is 1.66. The number of aromatic nitrogens is 1. The van der Waals surface area contributed by atoms with Gasteiger partial charge in [0.05, 0.1) is 7.11 Å². The number of hydrogen-bond donors (Lipinski definition) is 0. The lowest BCUT2D eigenvalue weighted by molar-refractivity contribution is -0.276. The van der Waals surface area contributed by atoms with Gasteiger partial charge in [-0.05, 0) is 22.6 Å². The lowest BCUT2D eigenvalue weighted by atomic mass is 10.2. The second kappa shape index (κ2) is 4.97. The average Bonchev–Trinajstić information content (AvgIpc) is 2.17.